The van der Waals surface area contributed by atoms with Gasteiger partial charge in [0.05, 0.1) is 0 Å². The van der Waals surface area contributed by atoms with E-state index in [4.69, 9.17) is 0 Å². The lowest BCUT2D eigenvalue weighted by Crippen LogP contribution is -2.09. The van der Waals surface area contributed by atoms with Crippen molar-refractivity contribution >= 4 is 11.6 Å². The second-order valence-corrected chi connectivity index (χ2v) is 3.04. The topological polar surface area (TPSA) is 69.6 Å². The van der Waals surface area contributed by atoms with Crippen molar-refractivity contribution in [2.75, 3.05) is 5.32 Å². The zero-order valence-corrected chi connectivity index (χ0v) is 8.16. The number of hydrogen-bond acceptors (Lipinski definition) is 3. The Bertz CT molecular complexity index is 337. The molecule has 0 atom stereocenters. The fourth-order valence-electron chi connectivity index (χ4n) is 1.01. The third kappa shape index (κ3) is 2.16. The van der Waals surface area contributed by atoms with Gasteiger partial charge in [0, 0.05) is 29.8 Å². The molecule has 0 aliphatic heterocycles. The average molecular weight is 195 g/mol. The quantitative estimate of drug-likeness (QED) is 0.673. The Kier molecular flexibility index (Phi) is 2.96. The Morgan fingerprint density at radius 3 is 2.29 bits per heavy atom. The third-order valence-electron chi connectivity index (χ3n) is 1.96. The molecule has 0 spiro atoms. The van der Waals surface area contributed by atoms with E-state index in [-0.39, 0.29) is 17.4 Å². The van der Waals surface area contributed by atoms with E-state index in [1.165, 1.54) is 12.1 Å². The number of nitrogens with one attached hydrogen (secondary N) is 1. The molecule has 76 valence electrons. The molecule has 0 saturated carbocycles. The molecule has 1 aromatic rings. The number of carbonyl (C=O) groups is 1. The number of amides is 1. The van der Waals surface area contributed by atoms with Crippen LogP contribution >= 0.6 is 0 Å². The highest BCUT2D eigenvalue weighted by Gasteiger charge is 2.06. The second-order valence-electron chi connectivity index (χ2n) is 3.04. The van der Waals surface area contributed by atoms with Crippen LogP contribution in [-0.4, -0.2) is 16.1 Å². The van der Waals surface area contributed by atoms with Gasteiger partial charge in [-0.3, -0.25) is 4.79 Å². The van der Waals surface area contributed by atoms with Crippen LogP contribution in [0.1, 0.15) is 18.9 Å². The molecule has 1 rings (SSSR count). The highest BCUT2D eigenvalue weighted by atomic mass is 16.3. The van der Waals surface area contributed by atoms with E-state index in [0.29, 0.717) is 17.7 Å². The monoisotopic (exact) mass is 195 g/mol. The minimum absolute atomic E-state index is 0.0311. The van der Waals surface area contributed by atoms with Crippen LogP contribution in [0.25, 0.3) is 0 Å². The molecule has 1 amide bonds. The second kappa shape index (κ2) is 4.00. The van der Waals surface area contributed by atoms with Crippen molar-refractivity contribution in [1.29, 1.82) is 0 Å². The van der Waals surface area contributed by atoms with E-state index in [2.05, 4.69) is 5.32 Å². The number of carbonyl (C=O) groups excluding carboxylic acids is 1. The molecule has 0 bridgehead atoms. The van der Waals surface area contributed by atoms with E-state index in [1.54, 1.807) is 13.8 Å². The van der Waals surface area contributed by atoms with E-state index >= 15 is 0 Å². The summed E-state index contributed by atoms with van der Waals surface area (Å²) in [6.07, 6.45) is 0.357. The van der Waals surface area contributed by atoms with E-state index < -0.39 is 0 Å². The molecule has 14 heavy (non-hydrogen) atoms. The van der Waals surface area contributed by atoms with E-state index in [1.807, 2.05) is 0 Å². The number of phenols is 2. The molecular weight excluding hydrogens is 182 g/mol. The average Bonchev–Trinajstić information content (AvgIpc) is 2.14. The van der Waals surface area contributed by atoms with Crippen molar-refractivity contribution < 1.29 is 15.0 Å². The number of anilines is 1. The third-order valence-corrected chi connectivity index (χ3v) is 1.96. The first-order valence-corrected chi connectivity index (χ1v) is 4.37. The lowest BCUT2D eigenvalue weighted by atomic mass is 10.2. The van der Waals surface area contributed by atoms with Gasteiger partial charge in [-0.15, -0.1) is 0 Å². The van der Waals surface area contributed by atoms with Gasteiger partial charge in [-0.25, -0.2) is 0 Å². The van der Waals surface area contributed by atoms with Gasteiger partial charge in [0.2, 0.25) is 5.91 Å². The van der Waals surface area contributed by atoms with Crippen LogP contribution < -0.4 is 5.32 Å². The predicted octanol–water partition coefficient (Wildman–Crippen LogP) is 1.75. The Hall–Kier alpha value is -1.71. The summed E-state index contributed by atoms with van der Waals surface area (Å²) in [5.74, 6) is -0.222. The molecule has 0 fully saturated rings. The van der Waals surface area contributed by atoms with Gasteiger partial charge in [-0.2, -0.15) is 0 Å². The summed E-state index contributed by atoms with van der Waals surface area (Å²) in [4.78, 5) is 11.0. The number of benzene rings is 1. The lowest BCUT2D eigenvalue weighted by molar-refractivity contribution is -0.115. The minimum atomic E-state index is -0.160. The van der Waals surface area contributed by atoms with Gasteiger partial charge in [0.25, 0.3) is 0 Å². The smallest absolute Gasteiger partial charge is 0.224 e. The maximum Gasteiger partial charge on any atom is 0.224 e. The summed E-state index contributed by atoms with van der Waals surface area (Å²) in [7, 11) is 0. The van der Waals surface area contributed by atoms with Crippen LogP contribution in [0.15, 0.2) is 12.1 Å². The van der Waals surface area contributed by atoms with Crippen LogP contribution in [-0.2, 0) is 4.79 Å². The van der Waals surface area contributed by atoms with Crippen LogP contribution in [0.2, 0.25) is 0 Å². The highest BCUT2D eigenvalue weighted by molar-refractivity contribution is 5.91. The Morgan fingerprint density at radius 2 is 1.86 bits per heavy atom. The molecule has 4 nitrogen and oxygen atoms in total. The first-order chi connectivity index (χ1) is 6.54. The zero-order chi connectivity index (χ0) is 10.7. The maximum atomic E-state index is 11.0. The molecule has 0 aromatic heterocycles. The molecule has 4 heteroatoms. The molecular formula is C10H13NO3. The summed E-state index contributed by atoms with van der Waals surface area (Å²) in [5.41, 5.74) is 0.803. The lowest BCUT2D eigenvalue weighted by Gasteiger charge is -2.07. The fraction of sp³-hybridized carbons (Fsp3) is 0.300. The van der Waals surface area contributed by atoms with Crippen molar-refractivity contribution in [2.45, 2.75) is 20.3 Å². The number of hydrogen-bond donors (Lipinski definition) is 3. The van der Waals surface area contributed by atoms with Crippen LogP contribution in [0.3, 0.4) is 0 Å². The minimum Gasteiger partial charge on any atom is -0.507 e. The molecule has 3 N–H and O–H groups in total. The number of rotatable bonds is 2. The summed E-state index contributed by atoms with van der Waals surface area (Å²) >= 11 is 0. The summed E-state index contributed by atoms with van der Waals surface area (Å²) in [6.45, 7) is 3.32. The SMILES string of the molecule is CCC(=O)Nc1cc(O)c(C)c(O)c1. The van der Waals surface area contributed by atoms with Crippen LogP contribution in [0, 0.1) is 6.92 Å². The van der Waals surface area contributed by atoms with Gasteiger partial charge >= 0.3 is 0 Å². The van der Waals surface area contributed by atoms with Crippen molar-refractivity contribution in [1.82, 2.24) is 0 Å². The van der Waals surface area contributed by atoms with Gasteiger partial charge in [0.1, 0.15) is 11.5 Å². The van der Waals surface area contributed by atoms with Gasteiger partial charge in [-0.05, 0) is 6.92 Å². The first-order valence-electron chi connectivity index (χ1n) is 4.37. The number of phenolic OH excluding ortho intramolecular Hbond substituents is 2. The predicted molar refractivity (Wildman–Crippen MR) is 53.4 cm³/mol. The summed E-state index contributed by atoms with van der Waals surface area (Å²) in [5, 5.41) is 21.3. The summed E-state index contributed by atoms with van der Waals surface area (Å²) < 4.78 is 0. The van der Waals surface area contributed by atoms with Crippen LogP contribution in [0.4, 0.5) is 5.69 Å². The Labute approximate surface area is 82.2 Å². The fourth-order valence-corrected chi connectivity index (χ4v) is 1.01. The Morgan fingerprint density at radius 1 is 1.36 bits per heavy atom. The van der Waals surface area contributed by atoms with E-state index in [0.717, 1.165) is 0 Å². The van der Waals surface area contributed by atoms with Gasteiger partial charge in [0.15, 0.2) is 0 Å². The molecule has 0 radical (unpaired) electrons. The molecule has 0 heterocycles. The zero-order valence-electron chi connectivity index (χ0n) is 8.16. The Balaban J connectivity index is 2.95. The molecule has 0 aliphatic rings. The summed E-state index contributed by atoms with van der Waals surface area (Å²) in [6, 6.07) is 2.81. The van der Waals surface area contributed by atoms with Gasteiger partial charge < -0.3 is 15.5 Å². The van der Waals surface area contributed by atoms with Crippen molar-refractivity contribution in [3.63, 3.8) is 0 Å². The number of aromatic hydroxyl groups is 2. The van der Waals surface area contributed by atoms with Crippen molar-refractivity contribution in [3.8, 4) is 11.5 Å². The molecule has 0 aliphatic carbocycles. The highest BCUT2D eigenvalue weighted by Crippen LogP contribution is 2.30. The maximum absolute atomic E-state index is 11.0. The van der Waals surface area contributed by atoms with Crippen LogP contribution in [0.5, 0.6) is 11.5 Å². The molecule has 0 saturated heterocycles. The standard InChI is InChI=1S/C10H13NO3/c1-3-10(14)11-7-4-8(12)6(2)9(13)5-7/h4-5,12-13H,3H2,1-2H3,(H,11,14). The van der Waals surface area contributed by atoms with E-state index in [9.17, 15) is 15.0 Å². The largest absolute Gasteiger partial charge is 0.507 e. The first kappa shape index (κ1) is 10.4. The van der Waals surface area contributed by atoms with Gasteiger partial charge in [-0.1, -0.05) is 6.92 Å². The normalized spacial score (nSPS) is 9.86. The van der Waals surface area contributed by atoms with Crippen molar-refractivity contribution in [3.05, 3.63) is 17.7 Å². The molecule has 1 aromatic carbocycles. The molecule has 0 unspecified atom stereocenters. The van der Waals surface area contributed by atoms with Crippen molar-refractivity contribution in [2.24, 2.45) is 0 Å².